The average molecular weight is 381 g/mol. The van der Waals surface area contributed by atoms with Gasteiger partial charge in [0, 0.05) is 10.7 Å². The van der Waals surface area contributed by atoms with Gasteiger partial charge in [0.1, 0.15) is 6.54 Å². The lowest BCUT2D eigenvalue weighted by atomic mass is 10.1. The fraction of sp³-hybridized carbons (Fsp3) is 0.278. The Morgan fingerprint density at radius 2 is 1.64 bits per heavy atom. The molecule has 0 aliphatic rings. The summed E-state index contributed by atoms with van der Waals surface area (Å²) in [4.78, 5) is 12.5. The molecule has 0 saturated carbocycles. The maximum atomic E-state index is 12.5. The highest BCUT2D eigenvalue weighted by molar-refractivity contribution is 7.92. The van der Waals surface area contributed by atoms with Crippen LogP contribution >= 0.6 is 11.6 Å². The van der Waals surface area contributed by atoms with E-state index in [1.165, 1.54) is 0 Å². The zero-order valence-electron chi connectivity index (χ0n) is 14.6. The van der Waals surface area contributed by atoms with Crippen molar-refractivity contribution in [2.75, 3.05) is 22.4 Å². The zero-order chi connectivity index (χ0) is 18.8. The number of carbonyl (C=O) groups excluding carboxylic acids is 1. The average Bonchev–Trinajstić information content (AvgIpc) is 2.49. The molecule has 0 radical (unpaired) electrons. The second kappa shape index (κ2) is 7.45. The standard InChI is InChI=1S/C18H21ClN2O3S/c1-12-7-5-8-13(2)18(12)21(25(4,23)24)11-17(22)20-16-10-6-9-15(19)14(16)3/h5-10H,11H2,1-4H3,(H,20,22). The van der Waals surface area contributed by atoms with Crippen LogP contribution in [-0.2, 0) is 14.8 Å². The molecule has 2 rings (SSSR count). The Balaban J connectivity index is 2.33. The molecule has 7 heteroatoms. The number of benzene rings is 2. The summed E-state index contributed by atoms with van der Waals surface area (Å²) in [5.41, 5.74) is 3.40. The Morgan fingerprint density at radius 3 is 2.20 bits per heavy atom. The van der Waals surface area contributed by atoms with Crippen LogP contribution in [0.3, 0.4) is 0 Å². The van der Waals surface area contributed by atoms with Crippen LogP contribution in [0, 0.1) is 20.8 Å². The van der Waals surface area contributed by atoms with Gasteiger partial charge in [-0.05, 0) is 49.6 Å². The molecule has 0 aromatic heterocycles. The summed E-state index contributed by atoms with van der Waals surface area (Å²) in [5.74, 6) is -0.432. The van der Waals surface area contributed by atoms with Gasteiger partial charge in [-0.25, -0.2) is 8.42 Å². The van der Waals surface area contributed by atoms with Gasteiger partial charge in [0.15, 0.2) is 0 Å². The number of sulfonamides is 1. The molecule has 0 heterocycles. The van der Waals surface area contributed by atoms with Gasteiger partial charge in [0.05, 0.1) is 11.9 Å². The molecule has 0 spiro atoms. The lowest BCUT2D eigenvalue weighted by molar-refractivity contribution is -0.114. The van der Waals surface area contributed by atoms with E-state index in [1.807, 2.05) is 32.0 Å². The van der Waals surface area contributed by atoms with Crippen molar-refractivity contribution in [3.8, 4) is 0 Å². The quantitative estimate of drug-likeness (QED) is 0.860. The first kappa shape index (κ1) is 19.3. The minimum Gasteiger partial charge on any atom is -0.324 e. The molecular formula is C18H21ClN2O3S. The lowest BCUT2D eigenvalue weighted by Gasteiger charge is -2.25. The number of carbonyl (C=O) groups is 1. The first-order chi connectivity index (χ1) is 11.6. The highest BCUT2D eigenvalue weighted by Gasteiger charge is 2.24. The van der Waals surface area contributed by atoms with Gasteiger partial charge >= 0.3 is 0 Å². The third-order valence-electron chi connectivity index (χ3n) is 3.92. The molecule has 0 atom stereocenters. The van der Waals surface area contributed by atoms with Gasteiger partial charge in [-0.15, -0.1) is 0 Å². The number of para-hydroxylation sites is 1. The van der Waals surface area contributed by atoms with Crippen molar-refractivity contribution < 1.29 is 13.2 Å². The van der Waals surface area contributed by atoms with Crippen molar-refractivity contribution in [3.05, 3.63) is 58.1 Å². The maximum Gasteiger partial charge on any atom is 0.245 e. The summed E-state index contributed by atoms with van der Waals surface area (Å²) >= 11 is 6.06. The molecule has 0 saturated heterocycles. The van der Waals surface area contributed by atoms with Crippen molar-refractivity contribution in [2.45, 2.75) is 20.8 Å². The summed E-state index contributed by atoms with van der Waals surface area (Å²) in [6.45, 7) is 5.12. The summed E-state index contributed by atoms with van der Waals surface area (Å²) in [5, 5.41) is 3.27. The number of hydrogen-bond donors (Lipinski definition) is 1. The SMILES string of the molecule is Cc1cccc(C)c1N(CC(=O)Nc1cccc(Cl)c1C)S(C)(=O)=O. The van der Waals surface area contributed by atoms with E-state index in [4.69, 9.17) is 11.6 Å². The molecule has 0 aliphatic carbocycles. The van der Waals surface area contributed by atoms with Gasteiger partial charge in [-0.3, -0.25) is 9.10 Å². The molecule has 134 valence electrons. The first-order valence-electron chi connectivity index (χ1n) is 7.70. The van der Waals surface area contributed by atoms with E-state index in [1.54, 1.807) is 25.1 Å². The van der Waals surface area contributed by atoms with Crippen molar-refractivity contribution in [2.24, 2.45) is 0 Å². The Morgan fingerprint density at radius 1 is 1.08 bits per heavy atom. The maximum absolute atomic E-state index is 12.5. The Labute approximate surface area is 153 Å². The minimum atomic E-state index is -3.62. The van der Waals surface area contributed by atoms with Crippen LogP contribution in [0.5, 0.6) is 0 Å². The van der Waals surface area contributed by atoms with Crippen molar-refractivity contribution in [3.63, 3.8) is 0 Å². The molecular weight excluding hydrogens is 360 g/mol. The number of nitrogens with one attached hydrogen (secondary N) is 1. The Hall–Kier alpha value is -2.05. The number of halogens is 1. The lowest BCUT2D eigenvalue weighted by Crippen LogP contribution is -2.38. The molecule has 2 aromatic carbocycles. The van der Waals surface area contributed by atoms with Crippen LogP contribution in [0.4, 0.5) is 11.4 Å². The first-order valence-corrected chi connectivity index (χ1v) is 9.92. The van der Waals surface area contributed by atoms with Gasteiger partial charge in [-0.2, -0.15) is 0 Å². The van der Waals surface area contributed by atoms with Crippen molar-refractivity contribution >= 4 is 38.9 Å². The van der Waals surface area contributed by atoms with E-state index < -0.39 is 15.9 Å². The molecule has 0 bridgehead atoms. The number of amides is 1. The van der Waals surface area contributed by atoms with E-state index in [-0.39, 0.29) is 6.54 Å². The molecule has 5 nitrogen and oxygen atoms in total. The van der Waals surface area contributed by atoms with Crippen LogP contribution in [0.15, 0.2) is 36.4 Å². The van der Waals surface area contributed by atoms with Crippen LogP contribution in [0.25, 0.3) is 0 Å². The van der Waals surface area contributed by atoms with Crippen LogP contribution in [0.2, 0.25) is 5.02 Å². The summed E-state index contributed by atoms with van der Waals surface area (Å²) in [7, 11) is -3.62. The van der Waals surface area contributed by atoms with Crippen molar-refractivity contribution in [1.29, 1.82) is 0 Å². The molecule has 1 N–H and O–H groups in total. The normalized spacial score (nSPS) is 11.2. The van der Waals surface area contributed by atoms with E-state index in [2.05, 4.69) is 5.32 Å². The predicted molar refractivity (Wildman–Crippen MR) is 103 cm³/mol. The molecule has 25 heavy (non-hydrogen) atoms. The summed E-state index contributed by atoms with van der Waals surface area (Å²) < 4.78 is 25.7. The van der Waals surface area contributed by atoms with Gasteiger partial charge in [-0.1, -0.05) is 35.9 Å². The fourth-order valence-electron chi connectivity index (χ4n) is 2.62. The molecule has 2 aromatic rings. The number of rotatable bonds is 5. The van der Waals surface area contributed by atoms with Gasteiger partial charge < -0.3 is 5.32 Å². The molecule has 0 aliphatic heterocycles. The van der Waals surface area contributed by atoms with E-state index >= 15 is 0 Å². The van der Waals surface area contributed by atoms with Crippen LogP contribution < -0.4 is 9.62 Å². The second-order valence-electron chi connectivity index (χ2n) is 5.97. The highest BCUT2D eigenvalue weighted by atomic mass is 35.5. The van der Waals surface area contributed by atoms with Gasteiger partial charge in [0.25, 0.3) is 0 Å². The van der Waals surface area contributed by atoms with E-state index in [9.17, 15) is 13.2 Å². The smallest absolute Gasteiger partial charge is 0.245 e. The fourth-order valence-corrected chi connectivity index (χ4v) is 3.77. The second-order valence-corrected chi connectivity index (χ2v) is 8.28. The zero-order valence-corrected chi connectivity index (χ0v) is 16.2. The number of aryl methyl sites for hydroxylation is 2. The number of nitrogens with zero attached hydrogens (tertiary/aromatic N) is 1. The Kier molecular flexibility index (Phi) is 5.75. The summed E-state index contributed by atoms with van der Waals surface area (Å²) in [6.07, 6.45) is 1.09. The third kappa shape index (κ3) is 4.52. The largest absolute Gasteiger partial charge is 0.324 e. The van der Waals surface area contributed by atoms with Crippen molar-refractivity contribution in [1.82, 2.24) is 0 Å². The van der Waals surface area contributed by atoms with E-state index in [0.29, 0.717) is 16.4 Å². The third-order valence-corrected chi connectivity index (χ3v) is 5.44. The molecule has 0 unspecified atom stereocenters. The summed E-state index contributed by atoms with van der Waals surface area (Å²) in [6, 6.07) is 10.7. The topological polar surface area (TPSA) is 66.5 Å². The van der Waals surface area contributed by atoms with Crippen LogP contribution in [-0.4, -0.2) is 27.1 Å². The number of hydrogen-bond acceptors (Lipinski definition) is 3. The molecule has 0 fully saturated rings. The predicted octanol–water partition coefficient (Wildman–Crippen LogP) is 3.67. The Bertz CT molecular complexity index is 890. The minimum absolute atomic E-state index is 0.309. The van der Waals surface area contributed by atoms with Crippen LogP contribution in [0.1, 0.15) is 16.7 Å². The monoisotopic (exact) mass is 380 g/mol. The molecule has 1 amide bonds. The highest BCUT2D eigenvalue weighted by Crippen LogP contribution is 2.27. The number of anilines is 2. The van der Waals surface area contributed by atoms with Gasteiger partial charge in [0.2, 0.25) is 15.9 Å². The van der Waals surface area contributed by atoms with E-state index in [0.717, 1.165) is 27.3 Å².